The molecule has 0 aliphatic rings. The van der Waals surface area contributed by atoms with E-state index in [0.717, 1.165) is 16.1 Å². The van der Waals surface area contributed by atoms with Gasteiger partial charge in [-0.3, -0.25) is 0 Å². The molecule has 130 valence electrons. The number of aryl methyl sites for hydroxylation is 2. The van der Waals surface area contributed by atoms with Gasteiger partial charge in [-0.2, -0.15) is 8.42 Å². The highest BCUT2D eigenvalue weighted by atomic mass is 35.5. The summed E-state index contributed by atoms with van der Waals surface area (Å²) in [5, 5.41) is 0.484. The highest BCUT2D eigenvalue weighted by Crippen LogP contribution is 2.25. The Labute approximate surface area is 156 Å². The van der Waals surface area contributed by atoms with Crippen molar-refractivity contribution in [2.24, 2.45) is 11.4 Å². The molecule has 0 bridgehead atoms. The van der Waals surface area contributed by atoms with Crippen LogP contribution < -0.4 is 4.80 Å². The van der Waals surface area contributed by atoms with E-state index in [4.69, 9.17) is 11.6 Å². The standard InChI is InChI=1S/C18H17ClN2O2S2/c1-12-4-6-14(7-5-12)17-13(2)24-18(21(17)3)20-25(22,23)16-10-8-15(19)9-11-16/h4-11H,1-3H3. The molecular formula is C18H17ClN2O2S2. The fraction of sp³-hybridized carbons (Fsp3) is 0.167. The van der Waals surface area contributed by atoms with E-state index in [2.05, 4.69) is 4.40 Å². The third-order valence-corrected chi connectivity index (χ3v) is 6.53. The molecule has 0 amide bonds. The monoisotopic (exact) mass is 392 g/mol. The first-order valence-electron chi connectivity index (χ1n) is 7.58. The molecule has 0 saturated carbocycles. The van der Waals surface area contributed by atoms with Gasteiger partial charge in [-0.15, -0.1) is 15.7 Å². The number of benzene rings is 2. The number of rotatable bonds is 3. The molecule has 25 heavy (non-hydrogen) atoms. The van der Waals surface area contributed by atoms with Crippen LogP contribution in [0, 0.1) is 13.8 Å². The molecule has 0 atom stereocenters. The quantitative estimate of drug-likeness (QED) is 0.666. The molecule has 4 nitrogen and oxygen atoms in total. The van der Waals surface area contributed by atoms with Crippen LogP contribution in [0.5, 0.6) is 0 Å². The summed E-state index contributed by atoms with van der Waals surface area (Å²) in [5.41, 5.74) is 3.18. The normalized spacial score (nSPS) is 12.6. The van der Waals surface area contributed by atoms with E-state index in [9.17, 15) is 8.42 Å². The lowest BCUT2D eigenvalue weighted by Gasteiger charge is -2.05. The van der Waals surface area contributed by atoms with Crippen LogP contribution in [0.15, 0.2) is 57.8 Å². The van der Waals surface area contributed by atoms with E-state index in [-0.39, 0.29) is 4.90 Å². The van der Waals surface area contributed by atoms with Gasteiger partial charge >= 0.3 is 0 Å². The summed E-state index contributed by atoms with van der Waals surface area (Å²) in [5.74, 6) is 0. The Balaban J connectivity index is 2.12. The molecule has 0 radical (unpaired) electrons. The Morgan fingerprint density at radius 1 is 1.00 bits per heavy atom. The van der Waals surface area contributed by atoms with Crippen LogP contribution in [0.25, 0.3) is 11.3 Å². The van der Waals surface area contributed by atoms with Gasteiger partial charge in [-0.25, -0.2) is 0 Å². The first-order chi connectivity index (χ1) is 11.8. The SMILES string of the molecule is Cc1ccc(-c2c(C)sc(=NS(=O)(=O)c3ccc(Cl)cc3)n2C)cc1. The molecule has 7 heteroatoms. The second kappa shape index (κ2) is 6.78. The highest BCUT2D eigenvalue weighted by Gasteiger charge is 2.15. The van der Waals surface area contributed by atoms with Crippen molar-refractivity contribution in [2.45, 2.75) is 18.7 Å². The molecule has 2 aromatic carbocycles. The minimum Gasteiger partial charge on any atom is -0.319 e. The van der Waals surface area contributed by atoms with Crippen LogP contribution in [-0.4, -0.2) is 13.0 Å². The third-order valence-electron chi connectivity index (χ3n) is 3.83. The Kier molecular flexibility index (Phi) is 4.86. The number of sulfonamides is 1. The molecule has 0 aliphatic heterocycles. The van der Waals surface area contributed by atoms with Gasteiger partial charge in [-0.1, -0.05) is 41.4 Å². The number of thiazole rings is 1. The van der Waals surface area contributed by atoms with E-state index >= 15 is 0 Å². The second-order valence-electron chi connectivity index (χ2n) is 5.73. The van der Waals surface area contributed by atoms with Crippen molar-refractivity contribution in [3.8, 4) is 11.3 Å². The summed E-state index contributed by atoms with van der Waals surface area (Å²) in [6.07, 6.45) is 0. The van der Waals surface area contributed by atoms with E-state index < -0.39 is 10.0 Å². The fourth-order valence-electron chi connectivity index (χ4n) is 2.54. The van der Waals surface area contributed by atoms with Gasteiger partial charge in [0.05, 0.1) is 10.6 Å². The first-order valence-corrected chi connectivity index (χ1v) is 10.2. The van der Waals surface area contributed by atoms with Crippen molar-refractivity contribution in [3.63, 3.8) is 0 Å². The van der Waals surface area contributed by atoms with Gasteiger partial charge in [0.15, 0.2) is 0 Å². The zero-order valence-corrected chi connectivity index (χ0v) is 16.4. The van der Waals surface area contributed by atoms with Crippen LogP contribution in [0.1, 0.15) is 10.4 Å². The molecule has 0 saturated heterocycles. The average molecular weight is 393 g/mol. The summed E-state index contributed by atoms with van der Waals surface area (Å²) in [4.78, 5) is 1.57. The van der Waals surface area contributed by atoms with Crippen LogP contribution in [-0.2, 0) is 17.1 Å². The summed E-state index contributed by atoms with van der Waals surface area (Å²) >= 11 is 7.18. The maximum Gasteiger partial charge on any atom is 0.285 e. The summed E-state index contributed by atoms with van der Waals surface area (Å²) in [6.45, 7) is 4.00. The molecular weight excluding hydrogens is 376 g/mol. The molecule has 0 N–H and O–H groups in total. The van der Waals surface area contributed by atoms with Crippen molar-refractivity contribution < 1.29 is 8.42 Å². The van der Waals surface area contributed by atoms with E-state index in [1.807, 2.05) is 49.7 Å². The zero-order valence-electron chi connectivity index (χ0n) is 14.0. The minimum absolute atomic E-state index is 0.125. The van der Waals surface area contributed by atoms with Gasteiger partial charge in [0.25, 0.3) is 10.0 Å². The molecule has 3 aromatic rings. The van der Waals surface area contributed by atoms with E-state index in [1.165, 1.54) is 29.0 Å². The van der Waals surface area contributed by atoms with Crippen molar-refractivity contribution in [2.75, 3.05) is 0 Å². The maximum absolute atomic E-state index is 12.6. The highest BCUT2D eigenvalue weighted by molar-refractivity contribution is 7.90. The van der Waals surface area contributed by atoms with Gasteiger partial charge in [-0.05, 0) is 43.7 Å². The summed E-state index contributed by atoms with van der Waals surface area (Å²) in [6, 6.07) is 14.1. The van der Waals surface area contributed by atoms with Crippen LogP contribution in [0.2, 0.25) is 5.02 Å². The lowest BCUT2D eigenvalue weighted by molar-refractivity contribution is 0.596. The van der Waals surface area contributed by atoms with Crippen molar-refractivity contribution in [3.05, 3.63) is 68.8 Å². The molecule has 0 fully saturated rings. The minimum atomic E-state index is -3.79. The Bertz CT molecular complexity index is 1080. The Hall–Kier alpha value is -1.89. The van der Waals surface area contributed by atoms with Crippen LogP contribution in [0.4, 0.5) is 0 Å². The lowest BCUT2D eigenvalue weighted by Crippen LogP contribution is -2.14. The first kappa shape index (κ1) is 17.9. The van der Waals surface area contributed by atoms with Gasteiger partial charge in [0.2, 0.25) is 4.80 Å². The molecule has 0 unspecified atom stereocenters. The molecule has 1 heterocycles. The predicted octanol–water partition coefficient (Wildman–Crippen LogP) is 4.31. The Morgan fingerprint density at radius 3 is 2.20 bits per heavy atom. The van der Waals surface area contributed by atoms with Crippen molar-refractivity contribution in [1.29, 1.82) is 0 Å². The third kappa shape index (κ3) is 3.71. The van der Waals surface area contributed by atoms with Crippen LogP contribution >= 0.6 is 22.9 Å². The predicted molar refractivity (Wildman–Crippen MR) is 102 cm³/mol. The van der Waals surface area contributed by atoms with Gasteiger partial charge in [0.1, 0.15) is 0 Å². The van der Waals surface area contributed by atoms with Crippen molar-refractivity contribution in [1.82, 2.24) is 4.57 Å². The topological polar surface area (TPSA) is 51.4 Å². The molecule has 0 aliphatic carbocycles. The van der Waals surface area contributed by atoms with Crippen LogP contribution in [0.3, 0.4) is 0 Å². The zero-order chi connectivity index (χ0) is 18.2. The molecule has 3 rings (SSSR count). The number of halogens is 1. The second-order valence-corrected chi connectivity index (χ2v) is 8.96. The largest absolute Gasteiger partial charge is 0.319 e. The average Bonchev–Trinajstić information content (AvgIpc) is 2.82. The Morgan fingerprint density at radius 2 is 1.60 bits per heavy atom. The van der Waals surface area contributed by atoms with E-state index in [0.29, 0.717) is 9.82 Å². The van der Waals surface area contributed by atoms with Crippen molar-refractivity contribution >= 4 is 33.0 Å². The number of hydrogen-bond donors (Lipinski definition) is 0. The molecule has 0 spiro atoms. The number of nitrogens with zero attached hydrogens (tertiary/aromatic N) is 2. The number of hydrogen-bond acceptors (Lipinski definition) is 3. The van der Waals surface area contributed by atoms with Gasteiger partial charge in [0, 0.05) is 16.9 Å². The fourth-order valence-corrected chi connectivity index (χ4v) is 4.87. The number of aromatic nitrogens is 1. The molecule has 1 aromatic heterocycles. The van der Waals surface area contributed by atoms with Gasteiger partial charge < -0.3 is 4.57 Å². The summed E-state index contributed by atoms with van der Waals surface area (Å²) in [7, 11) is -1.96. The van der Waals surface area contributed by atoms with E-state index in [1.54, 1.807) is 12.1 Å². The maximum atomic E-state index is 12.6. The lowest BCUT2D eigenvalue weighted by atomic mass is 10.1. The smallest absolute Gasteiger partial charge is 0.285 e. The summed E-state index contributed by atoms with van der Waals surface area (Å²) < 4.78 is 30.9.